The smallest absolute Gasteiger partial charge is 0.261 e. The van der Waals surface area contributed by atoms with Gasteiger partial charge in [-0.25, -0.2) is 0 Å². The number of piperazine rings is 1. The van der Waals surface area contributed by atoms with E-state index in [4.69, 9.17) is 0 Å². The monoisotopic (exact) mass is 343 g/mol. The molecule has 24 heavy (non-hydrogen) atoms. The molecule has 1 aromatic heterocycles. The first-order valence-electron chi connectivity index (χ1n) is 8.61. The van der Waals surface area contributed by atoms with E-state index in [1.807, 2.05) is 23.6 Å². The van der Waals surface area contributed by atoms with Crippen molar-refractivity contribution in [3.8, 4) is 0 Å². The van der Waals surface area contributed by atoms with Crippen molar-refractivity contribution < 1.29 is 4.79 Å². The molecule has 0 spiro atoms. The fraction of sp³-hybridized carbons (Fsp3) is 0.421. The molecular formula is C19H25N3OS. The molecule has 1 fully saturated rings. The van der Waals surface area contributed by atoms with Crippen LogP contribution in [0.1, 0.15) is 28.2 Å². The second-order valence-corrected chi connectivity index (χ2v) is 7.03. The maximum absolute atomic E-state index is 12.3. The quantitative estimate of drug-likeness (QED) is 0.876. The zero-order chi connectivity index (χ0) is 16.8. The minimum atomic E-state index is 0.0260. The standard InChI is InChI=1S/C19H25N3OS/c1-2-21-10-12-22(13-11-21)17(16-7-4-3-5-8-16)15-20-19(23)18-9-6-14-24-18/h3-9,14,17H,2,10-13,15H2,1H3,(H,20,23). The Labute approximate surface area is 148 Å². The van der Waals surface area contributed by atoms with Gasteiger partial charge in [0, 0.05) is 32.7 Å². The molecule has 1 aliphatic rings. The molecule has 0 bridgehead atoms. The summed E-state index contributed by atoms with van der Waals surface area (Å²) < 4.78 is 0. The van der Waals surface area contributed by atoms with E-state index in [0.29, 0.717) is 6.54 Å². The number of thiophene rings is 1. The molecule has 2 aromatic rings. The normalized spacial score (nSPS) is 17.5. The van der Waals surface area contributed by atoms with Crippen LogP contribution in [0.4, 0.5) is 0 Å². The van der Waals surface area contributed by atoms with Crippen molar-refractivity contribution in [3.05, 3.63) is 58.3 Å². The molecule has 0 radical (unpaired) electrons. The van der Waals surface area contributed by atoms with E-state index in [0.717, 1.165) is 37.6 Å². The predicted molar refractivity (Wildman–Crippen MR) is 99.5 cm³/mol. The zero-order valence-electron chi connectivity index (χ0n) is 14.1. The molecule has 128 valence electrons. The Balaban J connectivity index is 1.67. The van der Waals surface area contributed by atoms with Crippen molar-refractivity contribution in [3.63, 3.8) is 0 Å². The predicted octanol–water partition coefficient (Wildman–Crippen LogP) is 2.86. The van der Waals surface area contributed by atoms with Crippen molar-refractivity contribution in [1.29, 1.82) is 0 Å². The molecule has 1 aromatic carbocycles. The van der Waals surface area contributed by atoms with E-state index in [2.05, 4.69) is 46.3 Å². The minimum absolute atomic E-state index is 0.0260. The lowest BCUT2D eigenvalue weighted by Gasteiger charge is -2.39. The summed E-state index contributed by atoms with van der Waals surface area (Å²) in [6.45, 7) is 8.25. The summed E-state index contributed by atoms with van der Waals surface area (Å²) in [5, 5.41) is 5.06. The highest BCUT2D eigenvalue weighted by atomic mass is 32.1. The fourth-order valence-corrected chi connectivity index (χ4v) is 3.85. The SMILES string of the molecule is CCN1CCN(C(CNC(=O)c2cccs2)c2ccccc2)CC1. The van der Waals surface area contributed by atoms with Gasteiger partial charge < -0.3 is 10.2 Å². The topological polar surface area (TPSA) is 35.6 Å². The molecule has 1 aliphatic heterocycles. The lowest BCUT2D eigenvalue weighted by molar-refractivity contribution is 0.0858. The van der Waals surface area contributed by atoms with Gasteiger partial charge in [0.25, 0.3) is 5.91 Å². The van der Waals surface area contributed by atoms with Gasteiger partial charge in [0.1, 0.15) is 0 Å². The number of benzene rings is 1. The van der Waals surface area contributed by atoms with E-state index in [1.54, 1.807) is 0 Å². The Kier molecular flexibility index (Phi) is 6.01. The number of amides is 1. The summed E-state index contributed by atoms with van der Waals surface area (Å²) in [4.78, 5) is 18.0. The molecule has 3 rings (SSSR count). The second-order valence-electron chi connectivity index (χ2n) is 6.08. The molecule has 0 saturated carbocycles. The Hall–Kier alpha value is -1.69. The number of rotatable bonds is 6. The Bertz CT molecular complexity index is 621. The number of likely N-dealkylation sites (N-methyl/N-ethyl adjacent to an activating group) is 1. The molecule has 1 unspecified atom stereocenters. The van der Waals surface area contributed by atoms with Gasteiger partial charge in [-0.05, 0) is 23.6 Å². The molecule has 1 atom stereocenters. The number of nitrogens with one attached hydrogen (secondary N) is 1. The van der Waals surface area contributed by atoms with Crippen molar-refractivity contribution in [2.24, 2.45) is 0 Å². The molecule has 2 heterocycles. The first kappa shape index (κ1) is 17.1. The van der Waals surface area contributed by atoms with E-state index >= 15 is 0 Å². The Morgan fingerprint density at radius 1 is 1.12 bits per heavy atom. The van der Waals surface area contributed by atoms with Crippen LogP contribution in [0.2, 0.25) is 0 Å². The number of nitrogens with zero attached hydrogens (tertiary/aromatic N) is 2. The van der Waals surface area contributed by atoms with Gasteiger partial charge in [0.15, 0.2) is 0 Å². The summed E-state index contributed by atoms with van der Waals surface area (Å²) >= 11 is 1.49. The molecule has 1 saturated heterocycles. The lowest BCUT2D eigenvalue weighted by atomic mass is 10.0. The van der Waals surface area contributed by atoms with Crippen LogP contribution in [0.25, 0.3) is 0 Å². The van der Waals surface area contributed by atoms with Crippen molar-refractivity contribution in [1.82, 2.24) is 15.1 Å². The van der Waals surface area contributed by atoms with Crippen LogP contribution in [0.15, 0.2) is 47.8 Å². The number of hydrogen-bond donors (Lipinski definition) is 1. The third kappa shape index (κ3) is 4.23. The Morgan fingerprint density at radius 3 is 2.50 bits per heavy atom. The second kappa shape index (κ2) is 8.42. The highest BCUT2D eigenvalue weighted by Gasteiger charge is 2.25. The number of carbonyl (C=O) groups excluding carboxylic acids is 1. The van der Waals surface area contributed by atoms with Gasteiger partial charge in [0.05, 0.1) is 10.9 Å². The van der Waals surface area contributed by atoms with Crippen LogP contribution in [-0.2, 0) is 0 Å². The van der Waals surface area contributed by atoms with Gasteiger partial charge in [0.2, 0.25) is 0 Å². The van der Waals surface area contributed by atoms with E-state index in [1.165, 1.54) is 16.9 Å². The maximum Gasteiger partial charge on any atom is 0.261 e. The summed E-state index contributed by atoms with van der Waals surface area (Å²) in [6.07, 6.45) is 0. The van der Waals surface area contributed by atoms with Gasteiger partial charge in [-0.1, -0.05) is 43.3 Å². The van der Waals surface area contributed by atoms with Crippen LogP contribution in [0, 0.1) is 0 Å². The van der Waals surface area contributed by atoms with Crippen LogP contribution in [0.3, 0.4) is 0 Å². The maximum atomic E-state index is 12.3. The van der Waals surface area contributed by atoms with Gasteiger partial charge in [-0.2, -0.15) is 0 Å². The molecule has 1 amide bonds. The highest BCUT2D eigenvalue weighted by Crippen LogP contribution is 2.22. The van der Waals surface area contributed by atoms with Gasteiger partial charge in [-0.3, -0.25) is 9.69 Å². The van der Waals surface area contributed by atoms with Crippen LogP contribution < -0.4 is 5.32 Å². The average Bonchev–Trinajstić information content (AvgIpc) is 3.18. The number of hydrogen-bond acceptors (Lipinski definition) is 4. The van der Waals surface area contributed by atoms with E-state index in [-0.39, 0.29) is 11.9 Å². The molecule has 5 heteroatoms. The number of carbonyl (C=O) groups is 1. The largest absolute Gasteiger partial charge is 0.349 e. The Morgan fingerprint density at radius 2 is 1.88 bits per heavy atom. The summed E-state index contributed by atoms with van der Waals surface area (Å²) in [5.74, 6) is 0.0260. The van der Waals surface area contributed by atoms with E-state index in [9.17, 15) is 4.79 Å². The molecular weight excluding hydrogens is 318 g/mol. The zero-order valence-corrected chi connectivity index (χ0v) is 15.0. The lowest BCUT2D eigenvalue weighted by Crippen LogP contribution is -2.49. The van der Waals surface area contributed by atoms with Crippen LogP contribution in [0.5, 0.6) is 0 Å². The first-order valence-corrected chi connectivity index (χ1v) is 9.49. The summed E-state index contributed by atoms with van der Waals surface area (Å²) in [5.41, 5.74) is 1.27. The first-order chi connectivity index (χ1) is 11.8. The van der Waals surface area contributed by atoms with Crippen molar-refractivity contribution in [2.45, 2.75) is 13.0 Å². The van der Waals surface area contributed by atoms with Gasteiger partial charge in [-0.15, -0.1) is 11.3 Å². The highest BCUT2D eigenvalue weighted by molar-refractivity contribution is 7.12. The summed E-state index contributed by atoms with van der Waals surface area (Å²) in [6, 6.07) is 14.5. The van der Waals surface area contributed by atoms with Crippen molar-refractivity contribution in [2.75, 3.05) is 39.3 Å². The molecule has 0 aliphatic carbocycles. The average molecular weight is 343 g/mol. The fourth-order valence-electron chi connectivity index (χ4n) is 3.21. The molecule has 1 N–H and O–H groups in total. The van der Waals surface area contributed by atoms with Crippen molar-refractivity contribution >= 4 is 17.2 Å². The third-order valence-electron chi connectivity index (χ3n) is 4.68. The summed E-state index contributed by atoms with van der Waals surface area (Å²) in [7, 11) is 0. The van der Waals surface area contributed by atoms with Crippen LogP contribution in [-0.4, -0.2) is 55.0 Å². The minimum Gasteiger partial charge on any atom is -0.349 e. The van der Waals surface area contributed by atoms with Gasteiger partial charge >= 0.3 is 0 Å². The van der Waals surface area contributed by atoms with E-state index < -0.39 is 0 Å². The molecule has 4 nitrogen and oxygen atoms in total. The third-order valence-corrected chi connectivity index (χ3v) is 5.55. The van der Waals surface area contributed by atoms with Crippen LogP contribution >= 0.6 is 11.3 Å².